The molecule has 0 aliphatic rings. The fourth-order valence-electron chi connectivity index (χ4n) is 1.31. The first-order valence-electron chi connectivity index (χ1n) is 5.75. The Labute approximate surface area is 123 Å². The van der Waals surface area contributed by atoms with E-state index in [1.54, 1.807) is 7.05 Å². The van der Waals surface area contributed by atoms with Gasteiger partial charge in [0, 0.05) is 25.5 Å². The second-order valence-corrected chi connectivity index (χ2v) is 8.53. The lowest BCUT2D eigenvalue weighted by atomic mass is 10.4. The van der Waals surface area contributed by atoms with E-state index in [4.69, 9.17) is 11.6 Å². The molecular weight excluding hydrogens is 326 g/mol. The molecule has 114 valence electrons. The van der Waals surface area contributed by atoms with Crippen molar-refractivity contribution in [1.29, 1.82) is 0 Å². The Morgan fingerprint density at radius 1 is 1.30 bits per heavy atom. The smallest absolute Gasteiger partial charge is 0.242 e. The van der Waals surface area contributed by atoms with Crippen molar-refractivity contribution in [2.45, 2.75) is 11.8 Å². The molecule has 0 amide bonds. The largest absolute Gasteiger partial charge is 0.372 e. The van der Waals surface area contributed by atoms with E-state index in [1.807, 2.05) is 0 Å². The second kappa shape index (κ2) is 6.70. The molecular formula is C10H16ClN3O4S2. The monoisotopic (exact) mass is 341 g/mol. The summed E-state index contributed by atoms with van der Waals surface area (Å²) in [6, 6.07) is 1.25. The zero-order valence-corrected chi connectivity index (χ0v) is 13.4. The van der Waals surface area contributed by atoms with Gasteiger partial charge in [-0.25, -0.2) is 26.5 Å². The molecule has 0 radical (unpaired) electrons. The third kappa shape index (κ3) is 4.58. The molecule has 0 saturated carbocycles. The van der Waals surface area contributed by atoms with E-state index in [2.05, 4.69) is 15.0 Å². The average molecular weight is 342 g/mol. The van der Waals surface area contributed by atoms with Crippen LogP contribution in [0.4, 0.5) is 5.82 Å². The van der Waals surface area contributed by atoms with Gasteiger partial charge < -0.3 is 5.32 Å². The van der Waals surface area contributed by atoms with E-state index in [0.717, 1.165) is 6.20 Å². The Balaban J connectivity index is 2.82. The van der Waals surface area contributed by atoms with Crippen LogP contribution in [0.5, 0.6) is 0 Å². The maximum Gasteiger partial charge on any atom is 0.242 e. The van der Waals surface area contributed by atoms with Crippen molar-refractivity contribution in [2.75, 3.05) is 30.4 Å². The minimum atomic E-state index is -3.83. The first-order valence-corrected chi connectivity index (χ1v) is 9.43. The van der Waals surface area contributed by atoms with Crippen molar-refractivity contribution in [3.8, 4) is 0 Å². The van der Waals surface area contributed by atoms with Gasteiger partial charge in [0.15, 0.2) is 9.84 Å². The van der Waals surface area contributed by atoms with Gasteiger partial charge >= 0.3 is 0 Å². The summed E-state index contributed by atoms with van der Waals surface area (Å²) in [5, 5.41) is 2.87. The standard InChI is InChI=1S/C10H16ClN3O4S2/c1-3-19(15,16)5-4-14-20(17,18)8-6-9(11)10(12-2)13-7-8/h6-7,14H,3-5H2,1-2H3,(H,12,13). The number of anilines is 1. The topological polar surface area (TPSA) is 105 Å². The summed E-state index contributed by atoms with van der Waals surface area (Å²) < 4.78 is 48.6. The van der Waals surface area contributed by atoms with Gasteiger partial charge in [-0.15, -0.1) is 0 Å². The number of rotatable bonds is 7. The van der Waals surface area contributed by atoms with Crippen molar-refractivity contribution in [1.82, 2.24) is 9.71 Å². The normalized spacial score (nSPS) is 12.3. The highest BCUT2D eigenvalue weighted by Crippen LogP contribution is 2.21. The van der Waals surface area contributed by atoms with E-state index in [-0.39, 0.29) is 28.0 Å². The Morgan fingerprint density at radius 2 is 1.95 bits per heavy atom. The molecule has 1 aromatic rings. The van der Waals surface area contributed by atoms with Crippen molar-refractivity contribution >= 4 is 37.3 Å². The molecule has 0 aliphatic heterocycles. The predicted molar refractivity (Wildman–Crippen MR) is 78.3 cm³/mol. The molecule has 1 rings (SSSR count). The number of hydrogen-bond acceptors (Lipinski definition) is 6. The molecule has 0 saturated heterocycles. The van der Waals surface area contributed by atoms with Crippen LogP contribution in [0.3, 0.4) is 0 Å². The molecule has 0 unspecified atom stereocenters. The van der Waals surface area contributed by atoms with E-state index in [9.17, 15) is 16.8 Å². The lowest BCUT2D eigenvalue weighted by Gasteiger charge is -2.08. The minimum Gasteiger partial charge on any atom is -0.372 e. The molecule has 2 N–H and O–H groups in total. The summed E-state index contributed by atoms with van der Waals surface area (Å²) in [4.78, 5) is 3.74. The predicted octanol–water partition coefficient (Wildman–Crippen LogP) is 0.490. The fraction of sp³-hybridized carbons (Fsp3) is 0.500. The molecule has 0 spiro atoms. The highest BCUT2D eigenvalue weighted by Gasteiger charge is 2.17. The lowest BCUT2D eigenvalue weighted by Crippen LogP contribution is -2.29. The third-order valence-electron chi connectivity index (χ3n) is 2.51. The zero-order chi connectivity index (χ0) is 15.4. The molecule has 7 nitrogen and oxygen atoms in total. The molecule has 1 heterocycles. The molecule has 0 aliphatic carbocycles. The highest BCUT2D eigenvalue weighted by molar-refractivity contribution is 7.91. The van der Waals surface area contributed by atoms with Gasteiger partial charge in [0.2, 0.25) is 10.0 Å². The Bertz CT molecular complexity index is 674. The quantitative estimate of drug-likeness (QED) is 0.747. The van der Waals surface area contributed by atoms with Crippen molar-refractivity contribution in [3.05, 3.63) is 17.3 Å². The fourth-order valence-corrected chi connectivity index (χ4v) is 3.47. The van der Waals surface area contributed by atoms with E-state index < -0.39 is 19.9 Å². The van der Waals surface area contributed by atoms with Gasteiger partial charge in [-0.05, 0) is 6.07 Å². The van der Waals surface area contributed by atoms with E-state index >= 15 is 0 Å². The maximum absolute atomic E-state index is 11.9. The summed E-state index contributed by atoms with van der Waals surface area (Å²) in [5.74, 6) is 0.0801. The van der Waals surface area contributed by atoms with Crippen LogP contribution < -0.4 is 10.0 Å². The number of halogens is 1. The van der Waals surface area contributed by atoms with Gasteiger partial charge in [-0.1, -0.05) is 18.5 Å². The van der Waals surface area contributed by atoms with Gasteiger partial charge in [0.1, 0.15) is 10.7 Å². The number of hydrogen-bond donors (Lipinski definition) is 2. The number of sulfone groups is 1. The second-order valence-electron chi connectivity index (χ2n) is 3.89. The van der Waals surface area contributed by atoms with Gasteiger partial charge in [-0.3, -0.25) is 0 Å². The number of nitrogens with zero attached hydrogens (tertiary/aromatic N) is 1. The average Bonchev–Trinajstić information content (AvgIpc) is 2.38. The van der Waals surface area contributed by atoms with Gasteiger partial charge in [0.05, 0.1) is 10.8 Å². The lowest BCUT2D eigenvalue weighted by molar-refractivity contribution is 0.581. The number of pyridine rings is 1. The van der Waals surface area contributed by atoms with Crippen molar-refractivity contribution < 1.29 is 16.8 Å². The molecule has 0 fully saturated rings. The molecule has 0 aromatic carbocycles. The Kier molecular flexibility index (Phi) is 5.75. The number of sulfonamides is 1. The van der Waals surface area contributed by atoms with Crippen molar-refractivity contribution in [3.63, 3.8) is 0 Å². The molecule has 0 atom stereocenters. The van der Waals surface area contributed by atoms with Crippen LogP contribution in [0.2, 0.25) is 5.02 Å². The van der Waals surface area contributed by atoms with Gasteiger partial charge in [0.25, 0.3) is 0 Å². The Hall–Kier alpha value is -0.900. The highest BCUT2D eigenvalue weighted by atomic mass is 35.5. The van der Waals surface area contributed by atoms with Gasteiger partial charge in [-0.2, -0.15) is 0 Å². The first-order chi connectivity index (χ1) is 9.22. The summed E-state index contributed by atoms with van der Waals surface area (Å²) >= 11 is 5.85. The molecule has 10 heteroatoms. The first kappa shape index (κ1) is 17.2. The minimum absolute atomic E-state index is 0.0288. The van der Waals surface area contributed by atoms with Crippen LogP contribution in [-0.2, 0) is 19.9 Å². The molecule has 20 heavy (non-hydrogen) atoms. The maximum atomic E-state index is 11.9. The van der Waals surface area contributed by atoms with Crippen LogP contribution >= 0.6 is 11.6 Å². The van der Waals surface area contributed by atoms with E-state index in [0.29, 0.717) is 5.82 Å². The van der Waals surface area contributed by atoms with E-state index in [1.165, 1.54) is 13.0 Å². The molecule has 1 aromatic heterocycles. The summed E-state index contributed by atoms with van der Waals surface area (Å²) in [6.07, 6.45) is 1.15. The SMILES string of the molecule is CCS(=O)(=O)CCNS(=O)(=O)c1cnc(NC)c(Cl)c1. The summed E-state index contributed by atoms with van der Waals surface area (Å²) in [5.41, 5.74) is 0. The zero-order valence-electron chi connectivity index (χ0n) is 11.1. The summed E-state index contributed by atoms with van der Waals surface area (Å²) in [6.45, 7) is 1.31. The van der Waals surface area contributed by atoms with Crippen molar-refractivity contribution in [2.24, 2.45) is 0 Å². The molecule has 0 bridgehead atoms. The number of aromatic nitrogens is 1. The van der Waals surface area contributed by atoms with Crippen LogP contribution in [0.1, 0.15) is 6.92 Å². The Morgan fingerprint density at radius 3 is 2.45 bits per heavy atom. The summed E-state index contributed by atoms with van der Waals surface area (Å²) in [7, 11) is -5.44. The van der Waals surface area contributed by atoms with Crippen LogP contribution in [-0.4, -0.2) is 46.9 Å². The van der Waals surface area contributed by atoms with Crippen LogP contribution in [0, 0.1) is 0 Å². The van der Waals surface area contributed by atoms with Crippen LogP contribution in [0.15, 0.2) is 17.2 Å². The van der Waals surface area contributed by atoms with Crippen LogP contribution in [0.25, 0.3) is 0 Å². The third-order valence-corrected chi connectivity index (χ3v) is 5.93. The number of nitrogens with one attached hydrogen (secondary N) is 2.